The summed E-state index contributed by atoms with van der Waals surface area (Å²) in [6, 6.07) is 10.7. The lowest BCUT2D eigenvalue weighted by Gasteiger charge is -2.09. The molecule has 3 rings (SSSR count). The van der Waals surface area contributed by atoms with E-state index in [0.717, 1.165) is 24.2 Å². The van der Waals surface area contributed by atoms with Gasteiger partial charge in [-0.25, -0.2) is 9.78 Å². The highest BCUT2D eigenvalue weighted by Crippen LogP contribution is 2.17. The number of pyridine rings is 1. The summed E-state index contributed by atoms with van der Waals surface area (Å²) in [5.41, 5.74) is 2.38. The van der Waals surface area contributed by atoms with Crippen molar-refractivity contribution in [2.75, 3.05) is 6.61 Å². The van der Waals surface area contributed by atoms with Gasteiger partial charge in [-0.1, -0.05) is 31.6 Å². The lowest BCUT2D eigenvalue weighted by molar-refractivity contribution is 0.0696. The monoisotopic (exact) mass is 392 g/mol. The second-order valence-electron chi connectivity index (χ2n) is 6.67. The number of aromatic nitrogens is 2. The first kappa shape index (κ1) is 20.3. The zero-order chi connectivity index (χ0) is 20.8. The van der Waals surface area contributed by atoms with Crippen molar-refractivity contribution in [1.82, 2.24) is 9.38 Å². The maximum Gasteiger partial charge on any atom is 0.337 e. The van der Waals surface area contributed by atoms with Gasteiger partial charge in [0.15, 0.2) is 0 Å². The second-order valence-corrected chi connectivity index (χ2v) is 6.67. The fraction of sp³-hybridized carbons (Fsp3) is 0.261. The van der Waals surface area contributed by atoms with Crippen molar-refractivity contribution in [2.24, 2.45) is 0 Å². The van der Waals surface area contributed by atoms with Crippen molar-refractivity contribution in [3.05, 3.63) is 75.3 Å². The van der Waals surface area contributed by atoms with Crippen molar-refractivity contribution in [1.29, 1.82) is 0 Å². The van der Waals surface area contributed by atoms with Crippen LogP contribution in [0.2, 0.25) is 0 Å². The Balaban J connectivity index is 2.07. The van der Waals surface area contributed by atoms with Crippen LogP contribution in [-0.2, 0) is 6.42 Å². The summed E-state index contributed by atoms with van der Waals surface area (Å²) in [5.74, 6) is -0.291. The Morgan fingerprint density at radius 3 is 2.76 bits per heavy atom. The molecule has 150 valence electrons. The molecule has 0 atom stereocenters. The first-order valence-corrected chi connectivity index (χ1v) is 9.73. The van der Waals surface area contributed by atoms with Gasteiger partial charge in [-0.2, -0.15) is 0 Å². The SMILES string of the molecule is CCCCc1c(/C=C/c2cccc(OCC)c2)nc2ccc(C(=O)O)cn2c1=O. The molecular formula is C23H24N2O4. The van der Waals surface area contributed by atoms with Gasteiger partial charge in [0.1, 0.15) is 11.4 Å². The fourth-order valence-corrected chi connectivity index (χ4v) is 3.10. The maximum atomic E-state index is 13.1. The van der Waals surface area contributed by atoms with E-state index in [1.807, 2.05) is 43.3 Å². The van der Waals surface area contributed by atoms with E-state index in [9.17, 15) is 14.7 Å². The van der Waals surface area contributed by atoms with Gasteiger partial charge in [-0.3, -0.25) is 9.20 Å². The number of aromatic carboxylic acids is 1. The predicted molar refractivity (Wildman–Crippen MR) is 114 cm³/mol. The van der Waals surface area contributed by atoms with Crippen molar-refractivity contribution >= 4 is 23.8 Å². The van der Waals surface area contributed by atoms with Gasteiger partial charge >= 0.3 is 5.97 Å². The number of ether oxygens (including phenoxy) is 1. The van der Waals surface area contributed by atoms with Crippen molar-refractivity contribution < 1.29 is 14.6 Å². The number of carboxylic acid groups (broad SMARTS) is 1. The molecule has 0 spiro atoms. The van der Waals surface area contributed by atoms with E-state index >= 15 is 0 Å². The molecule has 3 aromatic rings. The summed E-state index contributed by atoms with van der Waals surface area (Å²) in [4.78, 5) is 28.9. The number of rotatable bonds is 8. The first-order valence-electron chi connectivity index (χ1n) is 9.73. The Kier molecular flexibility index (Phi) is 6.44. The van der Waals surface area contributed by atoms with Crippen LogP contribution < -0.4 is 10.3 Å². The van der Waals surface area contributed by atoms with Crippen LogP contribution in [0.25, 0.3) is 17.8 Å². The van der Waals surface area contributed by atoms with Gasteiger partial charge in [0.2, 0.25) is 0 Å². The Hall–Kier alpha value is -3.41. The van der Waals surface area contributed by atoms with Crippen molar-refractivity contribution in [3.63, 3.8) is 0 Å². The van der Waals surface area contributed by atoms with Crippen LogP contribution in [-0.4, -0.2) is 27.1 Å². The van der Waals surface area contributed by atoms with Gasteiger partial charge in [-0.05, 0) is 55.7 Å². The number of hydrogen-bond donors (Lipinski definition) is 1. The summed E-state index contributed by atoms with van der Waals surface area (Å²) in [6.07, 6.45) is 7.45. The molecule has 0 amide bonds. The number of carboxylic acids is 1. The van der Waals surface area contributed by atoms with Crippen LogP contribution in [0.5, 0.6) is 5.75 Å². The molecule has 6 nitrogen and oxygen atoms in total. The normalized spacial score (nSPS) is 11.2. The third-order valence-corrected chi connectivity index (χ3v) is 4.58. The minimum Gasteiger partial charge on any atom is -0.494 e. The summed E-state index contributed by atoms with van der Waals surface area (Å²) < 4.78 is 6.85. The minimum absolute atomic E-state index is 0.0545. The third-order valence-electron chi connectivity index (χ3n) is 4.58. The molecule has 1 N–H and O–H groups in total. The van der Waals surface area contributed by atoms with E-state index in [1.54, 1.807) is 6.07 Å². The lowest BCUT2D eigenvalue weighted by Crippen LogP contribution is -2.22. The molecule has 0 unspecified atom stereocenters. The number of fused-ring (bicyclic) bond motifs is 1. The van der Waals surface area contributed by atoms with Gasteiger partial charge in [-0.15, -0.1) is 0 Å². The quantitative estimate of drug-likeness (QED) is 0.618. The third kappa shape index (κ3) is 4.71. The van der Waals surface area contributed by atoms with Crippen LogP contribution in [0, 0.1) is 0 Å². The zero-order valence-electron chi connectivity index (χ0n) is 16.6. The van der Waals surface area contributed by atoms with Gasteiger partial charge < -0.3 is 9.84 Å². The largest absolute Gasteiger partial charge is 0.494 e. The average molecular weight is 392 g/mol. The van der Waals surface area contributed by atoms with Gasteiger partial charge in [0.05, 0.1) is 17.9 Å². The summed E-state index contributed by atoms with van der Waals surface area (Å²) in [5, 5.41) is 9.21. The van der Waals surface area contributed by atoms with E-state index in [0.29, 0.717) is 29.9 Å². The molecule has 0 saturated carbocycles. The summed E-state index contributed by atoms with van der Waals surface area (Å²) >= 11 is 0. The summed E-state index contributed by atoms with van der Waals surface area (Å²) in [6.45, 7) is 4.59. The molecule has 1 aromatic carbocycles. The Morgan fingerprint density at radius 1 is 1.21 bits per heavy atom. The molecule has 0 aliphatic heterocycles. The van der Waals surface area contributed by atoms with E-state index in [1.165, 1.54) is 16.7 Å². The van der Waals surface area contributed by atoms with E-state index in [-0.39, 0.29) is 11.1 Å². The molecule has 0 aliphatic carbocycles. The molecule has 0 bridgehead atoms. The van der Waals surface area contributed by atoms with Gasteiger partial charge in [0, 0.05) is 11.8 Å². The van der Waals surface area contributed by atoms with Crippen LogP contribution in [0.15, 0.2) is 47.4 Å². The zero-order valence-corrected chi connectivity index (χ0v) is 16.6. The predicted octanol–water partition coefficient (Wildman–Crippen LogP) is 4.30. The molecule has 0 saturated heterocycles. The van der Waals surface area contributed by atoms with Crippen molar-refractivity contribution in [2.45, 2.75) is 33.1 Å². The molecule has 2 aromatic heterocycles. The minimum atomic E-state index is -1.08. The number of carbonyl (C=O) groups is 1. The van der Waals surface area contributed by atoms with Gasteiger partial charge in [0.25, 0.3) is 5.56 Å². The van der Waals surface area contributed by atoms with Crippen LogP contribution in [0.3, 0.4) is 0 Å². The van der Waals surface area contributed by atoms with E-state index in [2.05, 4.69) is 11.9 Å². The number of nitrogens with zero attached hydrogens (tertiary/aromatic N) is 2. The Bertz CT molecular complexity index is 1120. The van der Waals surface area contributed by atoms with E-state index in [4.69, 9.17) is 4.74 Å². The van der Waals surface area contributed by atoms with Crippen LogP contribution >= 0.6 is 0 Å². The average Bonchev–Trinajstić information content (AvgIpc) is 2.72. The molecule has 6 heteroatoms. The molecule has 0 aliphatic rings. The fourth-order valence-electron chi connectivity index (χ4n) is 3.10. The topological polar surface area (TPSA) is 80.9 Å². The highest BCUT2D eigenvalue weighted by molar-refractivity contribution is 5.87. The Morgan fingerprint density at radius 2 is 2.03 bits per heavy atom. The molecule has 0 radical (unpaired) electrons. The Labute approximate surface area is 169 Å². The van der Waals surface area contributed by atoms with E-state index < -0.39 is 5.97 Å². The number of benzene rings is 1. The smallest absolute Gasteiger partial charge is 0.337 e. The second kappa shape index (κ2) is 9.19. The molecule has 0 fully saturated rings. The number of unbranched alkanes of at least 4 members (excludes halogenated alkanes) is 1. The molecular weight excluding hydrogens is 368 g/mol. The highest BCUT2D eigenvalue weighted by Gasteiger charge is 2.13. The standard InChI is InChI=1S/C23H24N2O4/c1-3-5-9-19-20(12-10-16-7-6-8-18(14-16)29-4-2)24-21-13-11-17(23(27)28)15-25(21)22(19)26/h6-8,10-15H,3-5,9H2,1-2H3,(H,27,28)/b12-10+. The van der Waals surface area contributed by atoms with Crippen LogP contribution in [0.4, 0.5) is 0 Å². The first-order chi connectivity index (χ1) is 14.0. The lowest BCUT2D eigenvalue weighted by atomic mass is 10.1. The highest BCUT2D eigenvalue weighted by atomic mass is 16.5. The molecule has 2 heterocycles. The summed E-state index contributed by atoms with van der Waals surface area (Å²) in [7, 11) is 0. The maximum absolute atomic E-state index is 13.1. The number of hydrogen-bond acceptors (Lipinski definition) is 4. The molecule has 29 heavy (non-hydrogen) atoms. The van der Waals surface area contributed by atoms with Crippen LogP contribution in [0.1, 0.15) is 53.9 Å². The van der Waals surface area contributed by atoms with Crippen molar-refractivity contribution in [3.8, 4) is 5.75 Å².